The van der Waals surface area contributed by atoms with Gasteiger partial charge in [0.05, 0.1) is 10.6 Å². The summed E-state index contributed by atoms with van der Waals surface area (Å²) in [5.74, 6) is -3.31. The first-order valence-electron chi connectivity index (χ1n) is 5.94. The first kappa shape index (κ1) is 15.7. The summed E-state index contributed by atoms with van der Waals surface area (Å²) in [6, 6.07) is 9.88. The number of carbonyl (C=O) groups excluding carboxylic acids is 1. The van der Waals surface area contributed by atoms with Crippen LogP contribution in [-0.2, 0) is 5.92 Å². The Labute approximate surface area is 130 Å². The molecule has 21 heavy (non-hydrogen) atoms. The molecular weight excluding hydrogens is 321 g/mol. The van der Waals surface area contributed by atoms with Crippen molar-refractivity contribution in [2.24, 2.45) is 0 Å². The molecule has 0 heterocycles. The Balaban J connectivity index is 2.22. The fourth-order valence-corrected chi connectivity index (χ4v) is 2.31. The van der Waals surface area contributed by atoms with Crippen molar-refractivity contribution in [3.63, 3.8) is 0 Å². The highest BCUT2D eigenvalue weighted by Gasteiger charge is 2.33. The normalized spacial score (nSPS) is 11.2. The van der Waals surface area contributed by atoms with Crippen LogP contribution < -0.4 is 4.74 Å². The van der Waals surface area contributed by atoms with Crippen molar-refractivity contribution in [1.82, 2.24) is 0 Å². The highest BCUT2D eigenvalue weighted by atomic mass is 35.5. The summed E-state index contributed by atoms with van der Waals surface area (Å²) in [6.07, 6.45) is 0.452. The van der Waals surface area contributed by atoms with Gasteiger partial charge in [0.25, 0.3) is 0 Å². The molecule has 2 rings (SSSR count). The van der Waals surface area contributed by atoms with Crippen LogP contribution in [0, 0.1) is 0 Å². The average Bonchev–Trinajstić information content (AvgIpc) is 2.46. The van der Waals surface area contributed by atoms with E-state index in [1.165, 1.54) is 36.4 Å². The molecule has 2 nitrogen and oxygen atoms in total. The lowest BCUT2D eigenvalue weighted by atomic mass is 10.1. The van der Waals surface area contributed by atoms with Crippen LogP contribution in [0.4, 0.5) is 8.78 Å². The van der Waals surface area contributed by atoms with Crippen LogP contribution in [0.15, 0.2) is 42.5 Å². The van der Waals surface area contributed by atoms with E-state index in [1.54, 1.807) is 6.07 Å². The molecule has 0 aromatic heterocycles. The first-order valence-corrected chi connectivity index (χ1v) is 6.70. The summed E-state index contributed by atoms with van der Waals surface area (Å²) in [4.78, 5) is 10.9. The molecule has 0 N–H and O–H groups in total. The third kappa shape index (κ3) is 3.71. The van der Waals surface area contributed by atoms with Gasteiger partial charge in [-0.1, -0.05) is 53.5 Å². The summed E-state index contributed by atoms with van der Waals surface area (Å²) in [6.45, 7) is -0.931. The maximum atomic E-state index is 14.0. The zero-order valence-corrected chi connectivity index (χ0v) is 12.2. The number of halogens is 4. The van der Waals surface area contributed by atoms with Gasteiger partial charge in [0, 0.05) is 10.6 Å². The van der Waals surface area contributed by atoms with Crippen LogP contribution in [0.3, 0.4) is 0 Å². The molecule has 0 bridgehead atoms. The largest absolute Gasteiger partial charge is 0.485 e. The van der Waals surface area contributed by atoms with Crippen molar-refractivity contribution in [3.05, 3.63) is 63.6 Å². The van der Waals surface area contributed by atoms with E-state index in [2.05, 4.69) is 0 Å². The lowest BCUT2D eigenvalue weighted by molar-refractivity contribution is -0.0468. The van der Waals surface area contributed by atoms with Crippen LogP contribution in [0.25, 0.3) is 0 Å². The quantitative estimate of drug-likeness (QED) is 0.723. The smallest absolute Gasteiger partial charge is 0.306 e. The summed E-state index contributed by atoms with van der Waals surface area (Å²) in [7, 11) is 0. The van der Waals surface area contributed by atoms with Crippen LogP contribution in [0.2, 0.25) is 10.0 Å². The SMILES string of the molecule is O=Cc1cc(Cl)cc(Cl)c1OCC(F)(F)c1ccccc1. The van der Waals surface area contributed by atoms with Crippen molar-refractivity contribution < 1.29 is 18.3 Å². The molecule has 2 aromatic carbocycles. The molecule has 110 valence electrons. The Bertz CT molecular complexity index is 646. The highest BCUT2D eigenvalue weighted by molar-refractivity contribution is 6.36. The number of ether oxygens (including phenoxy) is 1. The molecule has 0 fully saturated rings. The van der Waals surface area contributed by atoms with Crippen LogP contribution >= 0.6 is 23.2 Å². The summed E-state index contributed by atoms with van der Waals surface area (Å²) in [5.41, 5.74) is -0.154. The van der Waals surface area contributed by atoms with Gasteiger partial charge in [0.1, 0.15) is 5.75 Å². The molecule has 0 aliphatic heterocycles. The maximum Gasteiger partial charge on any atom is 0.306 e. The molecule has 0 amide bonds. The Morgan fingerprint density at radius 2 is 1.81 bits per heavy atom. The van der Waals surface area contributed by atoms with E-state index >= 15 is 0 Å². The number of benzene rings is 2. The molecule has 0 saturated heterocycles. The Hall–Kier alpha value is -1.65. The van der Waals surface area contributed by atoms with Crippen LogP contribution in [-0.4, -0.2) is 12.9 Å². The average molecular weight is 331 g/mol. The van der Waals surface area contributed by atoms with Crippen LogP contribution in [0.5, 0.6) is 5.75 Å². The second-order valence-corrected chi connectivity index (χ2v) is 5.13. The zero-order valence-electron chi connectivity index (χ0n) is 10.7. The Morgan fingerprint density at radius 1 is 1.14 bits per heavy atom. The zero-order chi connectivity index (χ0) is 15.5. The van der Waals surface area contributed by atoms with Gasteiger partial charge in [-0.3, -0.25) is 4.79 Å². The number of aldehydes is 1. The predicted molar refractivity (Wildman–Crippen MR) is 77.7 cm³/mol. The molecule has 0 radical (unpaired) electrons. The lowest BCUT2D eigenvalue weighted by Crippen LogP contribution is -2.23. The summed E-state index contributed by atoms with van der Waals surface area (Å²) < 4.78 is 33.1. The van der Waals surface area contributed by atoms with Crippen LogP contribution in [0.1, 0.15) is 15.9 Å². The Morgan fingerprint density at radius 3 is 2.43 bits per heavy atom. The molecule has 0 aliphatic rings. The van der Waals surface area contributed by atoms with Gasteiger partial charge in [-0.2, -0.15) is 8.78 Å². The third-order valence-corrected chi connectivity index (χ3v) is 3.26. The number of alkyl halides is 2. The molecular formula is C15H10Cl2F2O2. The number of hydrogen-bond donors (Lipinski definition) is 0. The summed E-state index contributed by atoms with van der Waals surface area (Å²) >= 11 is 11.6. The standard InChI is InChI=1S/C15H10Cl2F2O2/c16-12-6-10(8-20)14(13(17)7-12)21-9-15(18,19)11-4-2-1-3-5-11/h1-8H,9H2. The van der Waals surface area contributed by atoms with Crippen molar-refractivity contribution >= 4 is 29.5 Å². The van der Waals surface area contributed by atoms with Gasteiger partial charge >= 0.3 is 5.92 Å². The minimum Gasteiger partial charge on any atom is -0.485 e. The number of carbonyl (C=O) groups is 1. The molecule has 6 heteroatoms. The number of hydrogen-bond acceptors (Lipinski definition) is 2. The van der Waals surface area contributed by atoms with E-state index in [-0.39, 0.29) is 26.9 Å². The highest BCUT2D eigenvalue weighted by Crippen LogP contribution is 2.34. The van der Waals surface area contributed by atoms with Crippen molar-refractivity contribution in [2.75, 3.05) is 6.61 Å². The maximum absolute atomic E-state index is 14.0. The van der Waals surface area contributed by atoms with E-state index < -0.39 is 12.5 Å². The fraction of sp³-hybridized carbons (Fsp3) is 0.133. The number of rotatable bonds is 5. The Kier molecular flexibility index (Phi) is 4.80. The van der Waals surface area contributed by atoms with Crippen molar-refractivity contribution in [2.45, 2.75) is 5.92 Å². The fourth-order valence-electron chi connectivity index (χ4n) is 1.75. The molecule has 2 aromatic rings. The molecule has 0 spiro atoms. The minimum atomic E-state index is -3.20. The second-order valence-electron chi connectivity index (χ2n) is 4.28. The van der Waals surface area contributed by atoms with E-state index in [9.17, 15) is 13.6 Å². The van der Waals surface area contributed by atoms with Gasteiger partial charge in [-0.15, -0.1) is 0 Å². The van der Waals surface area contributed by atoms with Gasteiger partial charge in [-0.25, -0.2) is 0 Å². The van der Waals surface area contributed by atoms with E-state index in [4.69, 9.17) is 27.9 Å². The topological polar surface area (TPSA) is 26.3 Å². The summed E-state index contributed by atoms with van der Waals surface area (Å²) in [5, 5.41) is 0.234. The first-order chi connectivity index (χ1) is 9.94. The lowest BCUT2D eigenvalue weighted by Gasteiger charge is -2.18. The van der Waals surface area contributed by atoms with Gasteiger partial charge in [-0.05, 0) is 12.1 Å². The van der Waals surface area contributed by atoms with E-state index in [1.807, 2.05) is 0 Å². The monoisotopic (exact) mass is 330 g/mol. The predicted octanol–water partition coefficient (Wildman–Crippen LogP) is 4.98. The minimum absolute atomic E-state index is 0.00783. The molecule has 0 unspecified atom stereocenters. The molecule has 0 saturated carbocycles. The molecule has 0 atom stereocenters. The molecule has 0 aliphatic carbocycles. The van der Waals surface area contributed by atoms with Crippen molar-refractivity contribution in [1.29, 1.82) is 0 Å². The third-order valence-electron chi connectivity index (χ3n) is 2.76. The van der Waals surface area contributed by atoms with E-state index in [0.29, 0.717) is 6.29 Å². The van der Waals surface area contributed by atoms with Gasteiger partial charge < -0.3 is 4.74 Å². The second kappa shape index (κ2) is 6.41. The van der Waals surface area contributed by atoms with Crippen molar-refractivity contribution in [3.8, 4) is 5.75 Å². The van der Waals surface area contributed by atoms with Gasteiger partial charge in [0.2, 0.25) is 0 Å². The van der Waals surface area contributed by atoms with E-state index in [0.717, 1.165) is 0 Å². The van der Waals surface area contributed by atoms with Gasteiger partial charge in [0.15, 0.2) is 12.9 Å².